The number of anilines is 1. The minimum atomic E-state index is -3.58. The summed E-state index contributed by atoms with van der Waals surface area (Å²) < 4.78 is 21.9. The highest BCUT2D eigenvalue weighted by Crippen LogP contribution is 2.12. The van der Waals surface area contributed by atoms with Crippen LogP contribution in [0.15, 0.2) is 29.2 Å². The third-order valence-corrected chi connectivity index (χ3v) is 3.36. The van der Waals surface area contributed by atoms with Gasteiger partial charge in [-0.05, 0) is 30.5 Å². The summed E-state index contributed by atoms with van der Waals surface area (Å²) in [4.78, 5) is 0.137. The van der Waals surface area contributed by atoms with Gasteiger partial charge in [-0.2, -0.15) is 11.8 Å². The Morgan fingerprint density at radius 2 is 1.93 bits per heavy atom. The monoisotopic (exact) mass is 246 g/mol. The number of rotatable bonds is 5. The molecule has 6 heteroatoms. The van der Waals surface area contributed by atoms with E-state index in [1.54, 1.807) is 23.9 Å². The van der Waals surface area contributed by atoms with Gasteiger partial charge in [0.05, 0.1) is 4.90 Å². The summed E-state index contributed by atoms with van der Waals surface area (Å²) in [6.45, 7) is 0.857. The SMILES string of the molecule is CSCCNc1ccc(S(N)(=O)=O)cc1. The zero-order chi connectivity index (χ0) is 11.3. The predicted octanol–water partition coefficient (Wildman–Crippen LogP) is 1.11. The number of nitrogens with one attached hydrogen (secondary N) is 1. The molecule has 0 aliphatic heterocycles. The largest absolute Gasteiger partial charge is 0.384 e. The quantitative estimate of drug-likeness (QED) is 0.763. The number of nitrogens with two attached hydrogens (primary N) is 1. The smallest absolute Gasteiger partial charge is 0.238 e. The molecule has 0 bridgehead atoms. The van der Waals surface area contributed by atoms with Crippen molar-refractivity contribution in [2.75, 3.05) is 23.9 Å². The topological polar surface area (TPSA) is 72.2 Å². The Kier molecular flexibility index (Phi) is 4.44. The fourth-order valence-corrected chi connectivity index (χ4v) is 1.88. The molecule has 84 valence electrons. The van der Waals surface area contributed by atoms with Gasteiger partial charge >= 0.3 is 0 Å². The summed E-state index contributed by atoms with van der Waals surface area (Å²) >= 11 is 1.75. The van der Waals surface area contributed by atoms with E-state index in [2.05, 4.69) is 5.32 Å². The summed E-state index contributed by atoms with van der Waals surface area (Å²) in [5.74, 6) is 1.01. The van der Waals surface area contributed by atoms with Gasteiger partial charge in [0.15, 0.2) is 0 Å². The lowest BCUT2D eigenvalue weighted by Crippen LogP contribution is -2.12. The average Bonchev–Trinajstić information content (AvgIpc) is 2.18. The van der Waals surface area contributed by atoms with Gasteiger partial charge in [0.1, 0.15) is 0 Å². The fraction of sp³-hybridized carbons (Fsp3) is 0.333. The maximum atomic E-state index is 11.0. The van der Waals surface area contributed by atoms with Crippen molar-refractivity contribution in [2.24, 2.45) is 5.14 Å². The van der Waals surface area contributed by atoms with Crippen LogP contribution < -0.4 is 10.5 Å². The molecule has 0 radical (unpaired) electrons. The van der Waals surface area contributed by atoms with Crippen LogP contribution in [0.3, 0.4) is 0 Å². The summed E-state index contributed by atoms with van der Waals surface area (Å²) in [6, 6.07) is 6.41. The molecule has 0 unspecified atom stereocenters. The zero-order valence-corrected chi connectivity index (χ0v) is 10.1. The van der Waals surface area contributed by atoms with E-state index in [0.717, 1.165) is 18.0 Å². The number of thioether (sulfide) groups is 1. The van der Waals surface area contributed by atoms with Crippen LogP contribution in [0.1, 0.15) is 0 Å². The van der Waals surface area contributed by atoms with Gasteiger partial charge in [-0.3, -0.25) is 0 Å². The van der Waals surface area contributed by atoms with Crippen LogP contribution in [0.25, 0.3) is 0 Å². The molecule has 0 saturated carbocycles. The van der Waals surface area contributed by atoms with Crippen molar-refractivity contribution >= 4 is 27.5 Å². The normalized spacial score (nSPS) is 11.3. The minimum absolute atomic E-state index is 0.137. The van der Waals surface area contributed by atoms with Crippen LogP contribution in [0, 0.1) is 0 Å². The zero-order valence-electron chi connectivity index (χ0n) is 8.43. The van der Waals surface area contributed by atoms with Crippen LogP contribution in [-0.4, -0.2) is 27.0 Å². The van der Waals surface area contributed by atoms with Gasteiger partial charge < -0.3 is 5.32 Å². The number of hydrogen-bond donors (Lipinski definition) is 2. The van der Waals surface area contributed by atoms with Crippen LogP contribution in [-0.2, 0) is 10.0 Å². The molecule has 0 atom stereocenters. The van der Waals surface area contributed by atoms with Crippen molar-refractivity contribution in [3.05, 3.63) is 24.3 Å². The third kappa shape index (κ3) is 4.11. The van der Waals surface area contributed by atoms with Gasteiger partial charge in [-0.15, -0.1) is 0 Å². The highest BCUT2D eigenvalue weighted by Gasteiger charge is 2.05. The summed E-state index contributed by atoms with van der Waals surface area (Å²) in [5, 5.41) is 8.14. The molecule has 0 aliphatic carbocycles. The molecule has 3 N–H and O–H groups in total. The Labute approximate surface area is 94.3 Å². The van der Waals surface area contributed by atoms with E-state index in [-0.39, 0.29) is 4.90 Å². The number of sulfonamides is 1. The molecule has 4 nitrogen and oxygen atoms in total. The van der Waals surface area contributed by atoms with Crippen molar-refractivity contribution in [1.82, 2.24) is 0 Å². The van der Waals surface area contributed by atoms with Gasteiger partial charge in [0, 0.05) is 18.0 Å². The minimum Gasteiger partial charge on any atom is -0.384 e. The lowest BCUT2D eigenvalue weighted by Gasteiger charge is -2.05. The summed E-state index contributed by atoms with van der Waals surface area (Å²) in [5.41, 5.74) is 0.899. The van der Waals surface area contributed by atoms with Crippen LogP contribution in [0.4, 0.5) is 5.69 Å². The van der Waals surface area contributed by atoms with Crippen LogP contribution in [0.5, 0.6) is 0 Å². The van der Waals surface area contributed by atoms with E-state index in [0.29, 0.717) is 0 Å². The molecule has 0 fully saturated rings. The molecule has 15 heavy (non-hydrogen) atoms. The summed E-state index contributed by atoms with van der Waals surface area (Å²) in [6.07, 6.45) is 2.03. The van der Waals surface area contributed by atoms with E-state index < -0.39 is 10.0 Å². The molecule has 0 aromatic heterocycles. The van der Waals surface area contributed by atoms with E-state index in [1.165, 1.54) is 12.1 Å². The molecule has 1 aromatic rings. The molecule has 0 spiro atoms. The number of hydrogen-bond acceptors (Lipinski definition) is 4. The molecule has 0 amide bonds. The predicted molar refractivity (Wildman–Crippen MR) is 64.7 cm³/mol. The van der Waals surface area contributed by atoms with E-state index >= 15 is 0 Å². The maximum absolute atomic E-state index is 11.0. The van der Waals surface area contributed by atoms with Crippen molar-refractivity contribution in [1.29, 1.82) is 0 Å². The molecular formula is C9H14N2O2S2. The Morgan fingerprint density at radius 3 is 2.40 bits per heavy atom. The van der Waals surface area contributed by atoms with Gasteiger partial charge in [-0.1, -0.05) is 0 Å². The Bertz CT molecular complexity index is 401. The molecule has 0 saturated heterocycles. The van der Waals surface area contributed by atoms with Gasteiger partial charge in [0.25, 0.3) is 0 Å². The van der Waals surface area contributed by atoms with Gasteiger partial charge in [-0.25, -0.2) is 13.6 Å². The first-order chi connectivity index (χ1) is 7.04. The van der Waals surface area contributed by atoms with Crippen molar-refractivity contribution in [3.8, 4) is 0 Å². The standard InChI is InChI=1S/C9H14N2O2S2/c1-14-7-6-11-8-2-4-9(5-3-8)15(10,12)13/h2-5,11H,6-7H2,1H3,(H2,10,12,13). The van der Waals surface area contributed by atoms with Crippen LogP contribution >= 0.6 is 11.8 Å². The fourth-order valence-electron chi connectivity index (χ4n) is 1.06. The average molecular weight is 246 g/mol. The molecule has 0 heterocycles. The Morgan fingerprint density at radius 1 is 1.33 bits per heavy atom. The highest BCUT2D eigenvalue weighted by atomic mass is 32.2. The lowest BCUT2D eigenvalue weighted by molar-refractivity contribution is 0.598. The van der Waals surface area contributed by atoms with Crippen molar-refractivity contribution < 1.29 is 8.42 Å². The Balaban J connectivity index is 2.65. The van der Waals surface area contributed by atoms with Crippen LogP contribution in [0.2, 0.25) is 0 Å². The second-order valence-electron chi connectivity index (χ2n) is 2.99. The Hall–Kier alpha value is -0.720. The second-order valence-corrected chi connectivity index (χ2v) is 5.54. The molecule has 0 aliphatic rings. The van der Waals surface area contributed by atoms with Crippen molar-refractivity contribution in [2.45, 2.75) is 4.90 Å². The first-order valence-corrected chi connectivity index (χ1v) is 7.34. The van der Waals surface area contributed by atoms with E-state index in [9.17, 15) is 8.42 Å². The first kappa shape index (κ1) is 12.4. The maximum Gasteiger partial charge on any atom is 0.238 e. The molecule has 1 aromatic carbocycles. The van der Waals surface area contributed by atoms with E-state index in [4.69, 9.17) is 5.14 Å². The highest BCUT2D eigenvalue weighted by molar-refractivity contribution is 7.98. The number of primary sulfonamides is 1. The third-order valence-electron chi connectivity index (χ3n) is 1.82. The molecule has 1 rings (SSSR count). The summed E-state index contributed by atoms with van der Waals surface area (Å²) in [7, 11) is -3.58. The van der Waals surface area contributed by atoms with E-state index in [1.807, 2.05) is 6.26 Å². The number of benzene rings is 1. The van der Waals surface area contributed by atoms with Gasteiger partial charge in [0.2, 0.25) is 10.0 Å². The molecular weight excluding hydrogens is 232 g/mol. The second kappa shape index (κ2) is 5.39. The lowest BCUT2D eigenvalue weighted by atomic mass is 10.3. The van der Waals surface area contributed by atoms with Crippen molar-refractivity contribution in [3.63, 3.8) is 0 Å². The first-order valence-electron chi connectivity index (χ1n) is 4.40.